The van der Waals surface area contributed by atoms with Crippen LogP contribution in [0.4, 0.5) is 4.39 Å². The molecule has 0 bridgehead atoms. The molecule has 1 N–H and O–H groups in total. The topological polar surface area (TPSA) is 75.7 Å². The number of nitrogens with one attached hydrogen (secondary N) is 1. The average molecular weight is 394 g/mol. The predicted octanol–water partition coefficient (Wildman–Crippen LogP) is 2.20. The zero-order valence-electron chi connectivity index (χ0n) is 15.3. The van der Waals surface area contributed by atoms with Gasteiger partial charge in [-0.15, -0.1) is 0 Å². The Morgan fingerprint density at radius 2 is 1.74 bits per heavy atom. The van der Waals surface area contributed by atoms with Gasteiger partial charge in [-0.25, -0.2) is 17.5 Å². The van der Waals surface area contributed by atoms with Crippen molar-refractivity contribution in [3.05, 3.63) is 59.9 Å². The molecule has 0 saturated carbocycles. The van der Waals surface area contributed by atoms with Crippen molar-refractivity contribution in [1.82, 2.24) is 9.62 Å². The third-order valence-electron chi connectivity index (χ3n) is 4.06. The Hall–Kier alpha value is -2.45. The molecule has 0 unspecified atom stereocenters. The zero-order valence-corrected chi connectivity index (χ0v) is 16.1. The van der Waals surface area contributed by atoms with Gasteiger partial charge in [-0.3, -0.25) is 4.79 Å². The van der Waals surface area contributed by atoms with Crippen LogP contribution >= 0.6 is 0 Å². The fourth-order valence-electron chi connectivity index (χ4n) is 2.35. The molecule has 0 aromatic heterocycles. The Morgan fingerprint density at radius 3 is 2.33 bits per heavy atom. The average Bonchev–Trinajstić information content (AvgIpc) is 2.67. The highest BCUT2D eigenvalue weighted by Crippen LogP contribution is 2.13. The molecule has 2 aromatic carbocycles. The monoisotopic (exact) mass is 394 g/mol. The summed E-state index contributed by atoms with van der Waals surface area (Å²) in [5, 5.41) is 0. The Balaban J connectivity index is 1.76. The van der Waals surface area contributed by atoms with Crippen molar-refractivity contribution in [1.29, 1.82) is 0 Å². The maximum Gasteiger partial charge on any atom is 0.240 e. The normalized spacial score (nSPS) is 11.2. The van der Waals surface area contributed by atoms with E-state index in [1.54, 1.807) is 24.1 Å². The van der Waals surface area contributed by atoms with Gasteiger partial charge in [-0.05, 0) is 55.4 Å². The summed E-state index contributed by atoms with van der Waals surface area (Å²) in [6.45, 7) is 0.722. The molecule has 1 amide bonds. The second-order valence-electron chi connectivity index (χ2n) is 5.97. The van der Waals surface area contributed by atoms with Gasteiger partial charge >= 0.3 is 0 Å². The first kappa shape index (κ1) is 20.9. The van der Waals surface area contributed by atoms with E-state index in [0.717, 1.165) is 5.56 Å². The van der Waals surface area contributed by atoms with Gasteiger partial charge in [-0.1, -0.05) is 12.1 Å². The molecular formula is C19H23FN2O4S. The molecule has 6 nitrogen and oxygen atoms in total. The fourth-order valence-corrected chi connectivity index (χ4v) is 3.08. The van der Waals surface area contributed by atoms with Crippen LogP contribution in [-0.2, 0) is 21.2 Å². The Kier molecular flexibility index (Phi) is 7.32. The number of hydrogen-bond donors (Lipinski definition) is 1. The van der Waals surface area contributed by atoms with Crippen molar-refractivity contribution in [2.75, 3.05) is 27.2 Å². The predicted molar refractivity (Wildman–Crippen MR) is 101 cm³/mol. The van der Waals surface area contributed by atoms with Crippen molar-refractivity contribution in [3.8, 4) is 5.75 Å². The largest absolute Gasteiger partial charge is 0.492 e. The lowest BCUT2D eigenvalue weighted by atomic mass is 10.1. The molecule has 8 heteroatoms. The van der Waals surface area contributed by atoms with Gasteiger partial charge in [0.1, 0.15) is 18.2 Å². The second-order valence-corrected chi connectivity index (χ2v) is 7.86. The molecule has 146 valence electrons. The van der Waals surface area contributed by atoms with E-state index in [0.29, 0.717) is 31.7 Å². The Labute approximate surface area is 159 Å². The summed E-state index contributed by atoms with van der Waals surface area (Å²) in [7, 11) is -0.403. The van der Waals surface area contributed by atoms with Gasteiger partial charge in [0.05, 0.1) is 11.4 Å². The van der Waals surface area contributed by atoms with E-state index in [2.05, 4.69) is 4.72 Å². The first-order valence-corrected chi connectivity index (χ1v) is 9.95. The minimum Gasteiger partial charge on any atom is -0.492 e. The van der Waals surface area contributed by atoms with Gasteiger partial charge in [0.15, 0.2) is 0 Å². The summed E-state index contributed by atoms with van der Waals surface area (Å²) in [6.07, 6.45) is 0.826. The van der Waals surface area contributed by atoms with Crippen LogP contribution in [-0.4, -0.2) is 46.5 Å². The lowest BCUT2D eigenvalue weighted by molar-refractivity contribution is -0.130. The smallest absolute Gasteiger partial charge is 0.240 e. The molecule has 0 aliphatic heterocycles. The highest BCUT2D eigenvalue weighted by molar-refractivity contribution is 7.89. The lowest BCUT2D eigenvalue weighted by Crippen LogP contribution is -2.31. The van der Waals surface area contributed by atoms with Crippen molar-refractivity contribution < 1.29 is 22.3 Å². The highest BCUT2D eigenvalue weighted by Gasteiger charge is 2.12. The van der Waals surface area contributed by atoms with Gasteiger partial charge in [0, 0.05) is 13.5 Å². The van der Waals surface area contributed by atoms with Crippen molar-refractivity contribution >= 4 is 15.9 Å². The second kappa shape index (κ2) is 9.48. The standard InChI is InChI=1S/C19H23FN2O4S/c1-21-27(24,25)18-10-3-15(4-11-18)5-12-19(23)22(2)13-14-26-17-8-6-16(20)7-9-17/h3-4,6-11,21H,5,12-14H2,1-2H3. The molecule has 0 spiro atoms. The summed E-state index contributed by atoms with van der Waals surface area (Å²) in [4.78, 5) is 14.0. The first-order valence-electron chi connectivity index (χ1n) is 8.46. The molecular weight excluding hydrogens is 371 g/mol. The number of halogens is 1. The van der Waals surface area contributed by atoms with E-state index in [4.69, 9.17) is 4.74 Å². The molecule has 2 aromatic rings. The van der Waals surface area contributed by atoms with Crippen LogP contribution in [0.5, 0.6) is 5.75 Å². The number of aryl methyl sites for hydroxylation is 1. The third-order valence-corrected chi connectivity index (χ3v) is 5.49. The third kappa shape index (κ3) is 6.33. The number of sulfonamides is 1. The SMILES string of the molecule is CNS(=O)(=O)c1ccc(CCC(=O)N(C)CCOc2ccc(F)cc2)cc1. The lowest BCUT2D eigenvalue weighted by Gasteiger charge is -2.17. The van der Waals surface area contributed by atoms with E-state index in [1.807, 2.05) is 0 Å². The maximum absolute atomic E-state index is 12.8. The minimum atomic E-state index is -3.46. The number of carbonyl (C=O) groups excluding carboxylic acids is 1. The van der Waals surface area contributed by atoms with Gasteiger partial charge in [0.2, 0.25) is 15.9 Å². The number of hydrogen-bond acceptors (Lipinski definition) is 4. The van der Waals surface area contributed by atoms with E-state index in [9.17, 15) is 17.6 Å². The molecule has 0 radical (unpaired) electrons. The molecule has 0 saturated heterocycles. The van der Waals surface area contributed by atoms with E-state index in [1.165, 1.54) is 43.4 Å². The molecule has 0 aliphatic carbocycles. The molecule has 0 heterocycles. The Bertz CT molecular complexity index is 852. The number of amides is 1. The molecule has 2 rings (SSSR count). The number of benzene rings is 2. The van der Waals surface area contributed by atoms with Crippen LogP contribution < -0.4 is 9.46 Å². The summed E-state index contributed by atoms with van der Waals surface area (Å²) in [5.41, 5.74) is 0.884. The van der Waals surface area contributed by atoms with Gasteiger partial charge < -0.3 is 9.64 Å². The Morgan fingerprint density at radius 1 is 1.11 bits per heavy atom. The highest BCUT2D eigenvalue weighted by atomic mass is 32.2. The van der Waals surface area contributed by atoms with Crippen LogP contribution in [0.2, 0.25) is 0 Å². The molecule has 0 aliphatic rings. The van der Waals surface area contributed by atoms with Crippen LogP contribution in [0.15, 0.2) is 53.4 Å². The van der Waals surface area contributed by atoms with E-state index in [-0.39, 0.29) is 16.6 Å². The van der Waals surface area contributed by atoms with Crippen LogP contribution in [0.3, 0.4) is 0 Å². The van der Waals surface area contributed by atoms with Gasteiger partial charge in [-0.2, -0.15) is 0 Å². The number of carbonyl (C=O) groups is 1. The fraction of sp³-hybridized carbons (Fsp3) is 0.316. The van der Waals surface area contributed by atoms with Crippen LogP contribution in [0.25, 0.3) is 0 Å². The summed E-state index contributed by atoms with van der Waals surface area (Å²) < 4.78 is 43.9. The first-order chi connectivity index (χ1) is 12.8. The van der Waals surface area contributed by atoms with Gasteiger partial charge in [0.25, 0.3) is 0 Å². The summed E-state index contributed by atoms with van der Waals surface area (Å²) >= 11 is 0. The molecule has 0 atom stereocenters. The number of rotatable bonds is 9. The molecule has 27 heavy (non-hydrogen) atoms. The maximum atomic E-state index is 12.8. The van der Waals surface area contributed by atoms with Crippen LogP contribution in [0.1, 0.15) is 12.0 Å². The van der Waals surface area contributed by atoms with Crippen LogP contribution in [0, 0.1) is 5.82 Å². The summed E-state index contributed by atoms with van der Waals surface area (Å²) in [6, 6.07) is 12.2. The van der Waals surface area contributed by atoms with Crippen molar-refractivity contribution in [3.63, 3.8) is 0 Å². The minimum absolute atomic E-state index is 0.0374. The number of nitrogens with zero attached hydrogens (tertiary/aromatic N) is 1. The van der Waals surface area contributed by atoms with E-state index < -0.39 is 10.0 Å². The number of ether oxygens (including phenoxy) is 1. The quantitative estimate of drug-likeness (QED) is 0.708. The molecule has 0 fully saturated rings. The van der Waals surface area contributed by atoms with Crippen molar-refractivity contribution in [2.45, 2.75) is 17.7 Å². The number of likely N-dealkylation sites (N-methyl/N-ethyl adjacent to an activating group) is 1. The van der Waals surface area contributed by atoms with E-state index >= 15 is 0 Å². The van der Waals surface area contributed by atoms with Crippen molar-refractivity contribution in [2.24, 2.45) is 0 Å². The zero-order chi connectivity index (χ0) is 19.9. The summed E-state index contributed by atoms with van der Waals surface area (Å²) in [5.74, 6) is 0.185.